The first kappa shape index (κ1) is 33.7. The van der Waals surface area contributed by atoms with Gasteiger partial charge in [-0.2, -0.15) is 69.9 Å². The minimum Gasteiger partial charge on any atom is -0.189 e. The van der Waals surface area contributed by atoms with Crippen molar-refractivity contribution in [2.24, 2.45) is 0 Å². The zero-order chi connectivity index (χ0) is 14.8. The van der Waals surface area contributed by atoms with E-state index >= 15 is 0 Å². The molecule has 0 aliphatic carbocycles. The smallest absolute Gasteiger partial charge is 0.189 e. The van der Waals surface area contributed by atoms with E-state index in [-0.39, 0.29) is 83.9 Å². The Morgan fingerprint density at radius 3 is 1.50 bits per heavy atom. The standard InChI is InChI=1S/C15H15.C6H5.3BrH.Mg.H3P/c1-13(15-10-6-3-7-11-15)12-14-8-4-2-5-9-14;1-2-4-6-5-3-1;;;;;/h2-11H,12H2,1H3;1-5H;3*1H;;1H3/q2*-1;;;;+2;. The minimum absolute atomic E-state index is 0. The van der Waals surface area contributed by atoms with Gasteiger partial charge in [0.1, 0.15) is 0 Å². The molecule has 3 aromatic rings. The largest absolute Gasteiger partial charge is 2.00 e. The van der Waals surface area contributed by atoms with Crippen molar-refractivity contribution >= 4 is 83.9 Å². The van der Waals surface area contributed by atoms with Crippen molar-refractivity contribution in [3.63, 3.8) is 0 Å². The van der Waals surface area contributed by atoms with E-state index in [0.717, 1.165) is 6.42 Å². The van der Waals surface area contributed by atoms with Crippen LogP contribution in [-0.2, 0) is 6.42 Å². The van der Waals surface area contributed by atoms with E-state index < -0.39 is 0 Å². The van der Waals surface area contributed by atoms with E-state index in [4.69, 9.17) is 0 Å². The van der Waals surface area contributed by atoms with Gasteiger partial charge in [0.2, 0.25) is 0 Å². The van der Waals surface area contributed by atoms with Gasteiger partial charge < -0.3 is 0 Å². The normalized spacial score (nSPS) is 7.58. The van der Waals surface area contributed by atoms with Crippen LogP contribution in [-0.4, -0.2) is 23.1 Å². The first-order valence-electron chi connectivity index (χ1n) is 7.19. The van der Waals surface area contributed by atoms with E-state index in [1.165, 1.54) is 17.0 Å². The minimum atomic E-state index is 0. The van der Waals surface area contributed by atoms with Crippen molar-refractivity contribution in [1.82, 2.24) is 0 Å². The zero-order valence-corrected chi connectivity index (χ0v) is 23.0. The van der Waals surface area contributed by atoms with Crippen LogP contribution in [0, 0.1) is 12.0 Å². The van der Waals surface area contributed by atoms with Crippen LogP contribution in [0.4, 0.5) is 0 Å². The van der Waals surface area contributed by atoms with Crippen LogP contribution in [0.25, 0.3) is 0 Å². The van der Waals surface area contributed by atoms with Gasteiger partial charge in [0.15, 0.2) is 0 Å². The fourth-order valence-corrected chi connectivity index (χ4v) is 2.07. The van der Waals surface area contributed by atoms with Crippen molar-refractivity contribution in [3.05, 3.63) is 114 Å². The molecule has 1 unspecified atom stereocenters. The predicted molar refractivity (Wildman–Crippen MR) is 138 cm³/mol. The number of halogens is 3. The monoisotopic (exact) mass is 570 g/mol. The Bertz CT molecular complexity index is 583. The summed E-state index contributed by atoms with van der Waals surface area (Å²) >= 11 is 0. The molecule has 1 atom stereocenters. The van der Waals surface area contributed by atoms with Gasteiger partial charge in [0.25, 0.3) is 0 Å². The van der Waals surface area contributed by atoms with Crippen LogP contribution in [0.3, 0.4) is 0 Å². The number of hydrogen-bond acceptors (Lipinski definition) is 0. The van der Waals surface area contributed by atoms with Crippen LogP contribution in [0.1, 0.15) is 18.1 Å². The molecule has 138 valence electrons. The first-order chi connectivity index (χ1) is 10.4. The van der Waals surface area contributed by atoms with Crippen molar-refractivity contribution in [1.29, 1.82) is 0 Å². The van der Waals surface area contributed by atoms with E-state index in [0.29, 0.717) is 0 Å². The second kappa shape index (κ2) is 21.5. The second-order valence-electron chi connectivity index (χ2n) is 4.89. The maximum atomic E-state index is 2.89. The fourth-order valence-electron chi connectivity index (χ4n) is 2.07. The van der Waals surface area contributed by atoms with Crippen molar-refractivity contribution < 1.29 is 0 Å². The molecule has 0 saturated heterocycles. The van der Waals surface area contributed by atoms with Crippen LogP contribution in [0.15, 0.2) is 91.0 Å². The number of hydrogen-bond donors (Lipinski definition) is 0. The molecule has 0 fully saturated rings. The van der Waals surface area contributed by atoms with Crippen LogP contribution in [0.5, 0.6) is 0 Å². The third kappa shape index (κ3) is 14.3. The number of benzene rings is 3. The molecule has 26 heavy (non-hydrogen) atoms. The second-order valence-corrected chi connectivity index (χ2v) is 4.89. The third-order valence-electron chi connectivity index (χ3n) is 3.19. The summed E-state index contributed by atoms with van der Waals surface area (Å²) in [4.78, 5) is 0. The summed E-state index contributed by atoms with van der Waals surface area (Å²) in [5, 5.41) is 0. The molecule has 0 aliphatic heterocycles. The molecule has 0 aliphatic rings. The summed E-state index contributed by atoms with van der Waals surface area (Å²) in [5.74, 6) is 1.42. The molecule has 0 heterocycles. The average molecular weight is 573 g/mol. The van der Waals surface area contributed by atoms with Gasteiger partial charge in [-0.15, -0.1) is 63.1 Å². The topological polar surface area (TPSA) is 0 Å². The molecule has 0 aromatic heterocycles. The third-order valence-corrected chi connectivity index (χ3v) is 3.19. The molecule has 0 N–H and O–H groups in total. The van der Waals surface area contributed by atoms with Gasteiger partial charge in [-0.05, 0) is 0 Å². The number of rotatable bonds is 3. The molecule has 0 radical (unpaired) electrons. The SMILES string of the molecule is Br.Br.Br.C[C-](Cc1ccccc1)c1ccccc1.P.[Mg+2].[c-]1ccccc1. The molecule has 3 rings (SSSR count). The summed E-state index contributed by atoms with van der Waals surface area (Å²) in [6, 6.07) is 33.6. The van der Waals surface area contributed by atoms with Gasteiger partial charge >= 0.3 is 23.1 Å². The van der Waals surface area contributed by atoms with Gasteiger partial charge in [-0.1, -0.05) is 55.3 Å². The maximum absolute atomic E-state index is 2.89. The predicted octanol–water partition coefficient (Wildman–Crippen LogP) is 6.77. The summed E-state index contributed by atoms with van der Waals surface area (Å²) < 4.78 is 0. The molecule has 0 spiro atoms. The van der Waals surface area contributed by atoms with E-state index in [2.05, 4.69) is 73.7 Å². The Kier molecular flexibility index (Phi) is 27.8. The molecule has 0 bridgehead atoms. The summed E-state index contributed by atoms with van der Waals surface area (Å²) in [7, 11) is 0. The van der Waals surface area contributed by atoms with Gasteiger partial charge in [-0.25, -0.2) is 0 Å². The Labute approximate surface area is 209 Å². The molecular weight excluding hydrogens is 547 g/mol. The van der Waals surface area contributed by atoms with Crippen LogP contribution >= 0.6 is 60.8 Å². The molecule has 5 heteroatoms. The molecule has 0 saturated carbocycles. The van der Waals surface area contributed by atoms with E-state index in [1.807, 2.05) is 30.3 Å². The van der Waals surface area contributed by atoms with Gasteiger partial charge in [-0.3, -0.25) is 0 Å². The van der Waals surface area contributed by atoms with Crippen LogP contribution in [0.2, 0.25) is 0 Å². The zero-order valence-electron chi connectivity index (χ0n) is 15.0. The van der Waals surface area contributed by atoms with Crippen LogP contribution < -0.4 is 0 Å². The average Bonchev–Trinajstić information content (AvgIpc) is 2.59. The Hall–Kier alpha value is 0.166. The Morgan fingerprint density at radius 1 is 0.692 bits per heavy atom. The summed E-state index contributed by atoms with van der Waals surface area (Å²) in [5.41, 5.74) is 2.71. The van der Waals surface area contributed by atoms with Gasteiger partial charge in [0, 0.05) is 0 Å². The molecular formula is C21H26Br3MgP. The van der Waals surface area contributed by atoms with Crippen molar-refractivity contribution in [2.45, 2.75) is 13.3 Å². The Morgan fingerprint density at radius 2 is 1.12 bits per heavy atom. The Balaban J connectivity index is -0.000000193. The fraction of sp³-hybridized carbons (Fsp3) is 0.0952. The molecule has 0 nitrogen and oxygen atoms in total. The molecule has 0 amide bonds. The first-order valence-corrected chi connectivity index (χ1v) is 7.19. The summed E-state index contributed by atoms with van der Waals surface area (Å²) in [6.07, 6.45) is 1.03. The van der Waals surface area contributed by atoms with E-state index in [9.17, 15) is 0 Å². The quantitative estimate of drug-likeness (QED) is 0.184. The molecule has 3 aromatic carbocycles. The summed E-state index contributed by atoms with van der Waals surface area (Å²) in [6.45, 7) is 2.20. The van der Waals surface area contributed by atoms with Crippen molar-refractivity contribution in [2.75, 3.05) is 0 Å². The van der Waals surface area contributed by atoms with Crippen molar-refractivity contribution in [3.8, 4) is 0 Å². The van der Waals surface area contributed by atoms with Gasteiger partial charge in [0.05, 0.1) is 0 Å². The van der Waals surface area contributed by atoms with E-state index in [1.54, 1.807) is 0 Å². The maximum Gasteiger partial charge on any atom is 2.00 e.